The van der Waals surface area contributed by atoms with E-state index in [9.17, 15) is 4.79 Å². The zero-order valence-electron chi connectivity index (χ0n) is 21.7. The van der Waals surface area contributed by atoms with Crippen molar-refractivity contribution in [2.24, 2.45) is 11.5 Å². The quantitative estimate of drug-likeness (QED) is 0.408. The Morgan fingerprint density at radius 2 is 1.44 bits per heavy atom. The van der Waals surface area contributed by atoms with Gasteiger partial charge in [0, 0.05) is 47.8 Å². The smallest absolute Gasteiger partial charge is 0.221 e. The third kappa shape index (κ3) is 7.59. The van der Waals surface area contributed by atoms with Crippen molar-refractivity contribution < 1.29 is 4.79 Å². The standard InChI is InChI=1S/C11H13N3.C10H11N3O.2C2H6.CH5N/c1-8-7-12-11-10(13-9-4-5-9)3-2-6-14(8)11;1-7-6-12-10-8(5-9(11)14)3-2-4-13(7)10;3*1-2/h2-3,6-7,9,13H,4-5H2,1H3;2-4,6H,5H2,1H3,(H2,11,14);2*1-2H3;2H2,1H3. The number of amides is 1. The van der Waals surface area contributed by atoms with Crippen molar-refractivity contribution in [3.8, 4) is 0 Å². The Morgan fingerprint density at radius 1 is 0.941 bits per heavy atom. The second-order valence-corrected chi connectivity index (χ2v) is 7.20. The summed E-state index contributed by atoms with van der Waals surface area (Å²) in [5.74, 6) is -0.334. The molecule has 4 aromatic rings. The number of nitrogens with one attached hydrogen (secondary N) is 1. The van der Waals surface area contributed by atoms with Crippen molar-refractivity contribution in [1.29, 1.82) is 0 Å². The molecule has 186 valence electrons. The molecule has 4 heterocycles. The summed E-state index contributed by atoms with van der Waals surface area (Å²) < 4.78 is 4.06. The van der Waals surface area contributed by atoms with E-state index in [0.29, 0.717) is 6.04 Å². The number of aryl methyl sites for hydroxylation is 2. The summed E-state index contributed by atoms with van der Waals surface area (Å²) in [5, 5.41) is 3.49. The van der Waals surface area contributed by atoms with Crippen LogP contribution in [0.3, 0.4) is 0 Å². The summed E-state index contributed by atoms with van der Waals surface area (Å²) in [7, 11) is 1.50. The van der Waals surface area contributed by atoms with Crippen molar-refractivity contribution in [2.45, 2.75) is 66.8 Å². The van der Waals surface area contributed by atoms with Crippen molar-refractivity contribution in [1.82, 2.24) is 18.8 Å². The lowest BCUT2D eigenvalue weighted by molar-refractivity contribution is -0.117. The van der Waals surface area contributed by atoms with Crippen LogP contribution in [0.1, 0.15) is 57.5 Å². The number of pyridine rings is 2. The summed E-state index contributed by atoms with van der Waals surface area (Å²) in [6, 6.07) is 8.59. The lowest BCUT2D eigenvalue weighted by atomic mass is 10.2. The number of nitrogens with zero attached hydrogens (tertiary/aromatic N) is 4. The zero-order valence-corrected chi connectivity index (χ0v) is 21.7. The van der Waals surface area contributed by atoms with Gasteiger partial charge in [-0.3, -0.25) is 4.79 Å². The van der Waals surface area contributed by atoms with Gasteiger partial charge in [0.05, 0.1) is 12.1 Å². The lowest BCUT2D eigenvalue weighted by Gasteiger charge is -2.05. The molecule has 1 aliphatic carbocycles. The average molecular weight is 468 g/mol. The number of aromatic nitrogens is 4. The minimum Gasteiger partial charge on any atom is -0.379 e. The first-order chi connectivity index (χ1) is 16.5. The first-order valence-electron chi connectivity index (χ1n) is 12.0. The van der Waals surface area contributed by atoms with Crippen molar-refractivity contribution >= 4 is 22.9 Å². The summed E-state index contributed by atoms with van der Waals surface area (Å²) in [5.41, 5.74) is 15.7. The topological polar surface area (TPSA) is 116 Å². The van der Waals surface area contributed by atoms with Gasteiger partial charge in [-0.2, -0.15) is 0 Å². The largest absolute Gasteiger partial charge is 0.379 e. The fraction of sp³-hybridized carbons (Fsp3) is 0.423. The van der Waals surface area contributed by atoms with Crippen LogP contribution < -0.4 is 16.8 Å². The van der Waals surface area contributed by atoms with Gasteiger partial charge >= 0.3 is 0 Å². The molecule has 1 saturated carbocycles. The third-order valence-corrected chi connectivity index (χ3v) is 4.82. The van der Waals surface area contributed by atoms with Gasteiger partial charge in [-0.15, -0.1) is 0 Å². The molecule has 0 bridgehead atoms. The van der Waals surface area contributed by atoms with Crippen LogP contribution in [-0.2, 0) is 11.2 Å². The van der Waals surface area contributed by atoms with Gasteiger partial charge in [-0.25, -0.2) is 9.97 Å². The van der Waals surface area contributed by atoms with E-state index >= 15 is 0 Å². The van der Waals surface area contributed by atoms with Crippen molar-refractivity contribution in [3.63, 3.8) is 0 Å². The van der Waals surface area contributed by atoms with Gasteiger partial charge in [0.25, 0.3) is 0 Å². The van der Waals surface area contributed by atoms with Crippen LogP contribution in [0.25, 0.3) is 11.3 Å². The number of imidazole rings is 2. The molecule has 0 aliphatic heterocycles. The van der Waals surface area contributed by atoms with Gasteiger partial charge in [-0.05, 0) is 51.9 Å². The molecule has 1 aliphatic rings. The van der Waals surface area contributed by atoms with E-state index in [2.05, 4.69) is 50.7 Å². The molecule has 8 heteroatoms. The number of hydrogen-bond donors (Lipinski definition) is 3. The van der Waals surface area contributed by atoms with Gasteiger partial charge < -0.3 is 25.6 Å². The van der Waals surface area contributed by atoms with Crippen LogP contribution in [0.4, 0.5) is 5.69 Å². The molecule has 0 atom stereocenters. The lowest BCUT2D eigenvalue weighted by Crippen LogP contribution is -2.14. The van der Waals surface area contributed by atoms with Gasteiger partial charge in [-0.1, -0.05) is 33.8 Å². The molecule has 8 nitrogen and oxygen atoms in total. The highest BCUT2D eigenvalue weighted by Gasteiger charge is 2.21. The van der Waals surface area contributed by atoms with Crippen molar-refractivity contribution in [2.75, 3.05) is 12.4 Å². The predicted molar refractivity (Wildman–Crippen MR) is 142 cm³/mol. The summed E-state index contributed by atoms with van der Waals surface area (Å²) >= 11 is 0. The highest BCUT2D eigenvalue weighted by molar-refractivity contribution is 5.78. The molecule has 4 aromatic heterocycles. The monoisotopic (exact) mass is 467 g/mol. The Kier molecular flexibility index (Phi) is 12.4. The Hall–Kier alpha value is -3.39. The van der Waals surface area contributed by atoms with Gasteiger partial charge in [0.2, 0.25) is 5.91 Å². The number of carbonyl (C=O) groups is 1. The molecule has 1 fully saturated rings. The van der Waals surface area contributed by atoms with E-state index in [4.69, 9.17) is 5.73 Å². The van der Waals surface area contributed by atoms with Crippen LogP contribution in [0.15, 0.2) is 49.1 Å². The number of hydrogen-bond acceptors (Lipinski definition) is 5. The first kappa shape index (κ1) is 28.6. The maximum Gasteiger partial charge on any atom is 0.221 e. The van der Waals surface area contributed by atoms with E-state index in [1.807, 2.05) is 63.5 Å². The fourth-order valence-electron chi connectivity index (χ4n) is 3.21. The minimum absolute atomic E-state index is 0.237. The summed E-state index contributed by atoms with van der Waals surface area (Å²) in [6.45, 7) is 12.0. The number of rotatable bonds is 4. The molecule has 0 unspecified atom stereocenters. The maximum absolute atomic E-state index is 10.8. The third-order valence-electron chi connectivity index (χ3n) is 4.82. The normalized spacial score (nSPS) is 11.5. The number of primary amides is 1. The van der Waals surface area contributed by atoms with Crippen LogP contribution in [0, 0.1) is 13.8 Å². The molecular formula is C26H41N7O. The highest BCUT2D eigenvalue weighted by Crippen LogP contribution is 2.26. The number of fused-ring (bicyclic) bond motifs is 2. The highest BCUT2D eigenvalue weighted by atomic mass is 16.1. The van der Waals surface area contributed by atoms with E-state index in [0.717, 1.165) is 28.2 Å². The number of carbonyl (C=O) groups excluding carboxylic acids is 1. The number of anilines is 1. The predicted octanol–water partition coefficient (Wildman–Crippen LogP) is 4.51. The SMILES string of the molecule is CC.CC.CN.Cc1cnc2c(CC(N)=O)cccn12.Cc1cnc2c(NC3CC3)cccn12. The molecule has 5 N–H and O–H groups in total. The van der Waals surface area contributed by atoms with E-state index < -0.39 is 0 Å². The Bertz CT molecular complexity index is 1140. The maximum atomic E-state index is 10.8. The second-order valence-electron chi connectivity index (χ2n) is 7.20. The fourth-order valence-corrected chi connectivity index (χ4v) is 3.21. The van der Waals surface area contributed by atoms with Crippen LogP contribution >= 0.6 is 0 Å². The molecule has 0 saturated heterocycles. The molecule has 1 amide bonds. The summed E-state index contributed by atoms with van der Waals surface area (Å²) in [6.07, 6.45) is 10.5. The molecular weight excluding hydrogens is 426 g/mol. The molecule has 5 rings (SSSR count). The van der Waals surface area contributed by atoms with E-state index in [-0.39, 0.29) is 12.3 Å². The van der Waals surface area contributed by atoms with Crippen molar-refractivity contribution in [3.05, 3.63) is 66.0 Å². The van der Waals surface area contributed by atoms with Crippen LogP contribution in [0.2, 0.25) is 0 Å². The Morgan fingerprint density at radius 3 is 1.97 bits per heavy atom. The van der Waals surface area contributed by atoms with Crippen LogP contribution in [0.5, 0.6) is 0 Å². The Labute approximate surface area is 203 Å². The molecule has 0 spiro atoms. The second kappa shape index (κ2) is 14.7. The first-order valence-corrected chi connectivity index (χ1v) is 12.0. The van der Waals surface area contributed by atoms with E-state index in [1.165, 1.54) is 25.6 Å². The van der Waals surface area contributed by atoms with E-state index in [1.54, 1.807) is 6.20 Å². The molecule has 0 radical (unpaired) electrons. The molecule has 0 aromatic carbocycles. The molecule has 34 heavy (non-hydrogen) atoms. The number of nitrogens with two attached hydrogens (primary N) is 2. The van der Waals surface area contributed by atoms with Crippen LogP contribution in [-0.4, -0.2) is 37.8 Å². The van der Waals surface area contributed by atoms with Gasteiger partial charge in [0.15, 0.2) is 5.65 Å². The Balaban J connectivity index is 0.000000279. The zero-order chi connectivity index (χ0) is 25.7. The average Bonchev–Trinajstić information content (AvgIpc) is 3.49. The van der Waals surface area contributed by atoms with Gasteiger partial charge in [0.1, 0.15) is 5.65 Å². The summed E-state index contributed by atoms with van der Waals surface area (Å²) in [4.78, 5) is 19.4. The minimum atomic E-state index is -0.334.